The number of aliphatic carboxylic acids is 1. The maximum Gasteiger partial charge on any atom is 0.320 e. The van der Waals surface area contributed by atoms with E-state index >= 15 is 0 Å². The van der Waals surface area contributed by atoms with Gasteiger partial charge in [0, 0.05) is 78.7 Å². The molecule has 9 heterocycles. The van der Waals surface area contributed by atoms with Crippen molar-refractivity contribution in [3.63, 3.8) is 0 Å². The second kappa shape index (κ2) is 63.1. The number of aliphatic hydroxyl groups excluding tert-OH is 10. The van der Waals surface area contributed by atoms with Crippen LogP contribution in [-0.2, 0) is 163 Å². The van der Waals surface area contributed by atoms with Crippen molar-refractivity contribution in [1.29, 1.82) is 0 Å². The first-order valence-corrected chi connectivity index (χ1v) is 46.6. The third-order valence-electron chi connectivity index (χ3n) is 22.4. The fourth-order valence-electron chi connectivity index (χ4n) is 15.4. The number of carbonyl (C=O) groups excluding carboxylic acids is 4. The summed E-state index contributed by atoms with van der Waals surface area (Å²) in [4.78, 5) is 64.8. The van der Waals surface area contributed by atoms with E-state index in [-0.39, 0.29) is 198 Å². The Labute approximate surface area is 803 Å². The van der Waals surface area contributed by atoms with Crippen LogP contribution in [0.2, 0.25) is 0 Å². The van der Waals surface area contributed by atoms with Gasteiger partial charge in [-0.3, -0.25) is 38.8 Å². The molecule has 139 heavy (non-hydrogen) atoms. The zero-order chi connectivity index (χ0) is 99.9. The largest absolute Gasteiger partial charge is 0.480 e. The molecule has 22 atom stereocenters. The Balaban J connectivity index is 0.737. The monoisotopic (exact) mass is 2000 g/mol. The van der Waals surface area contributed by atoms with Crippen molar-refractivity contribution in [3.05, 3.63) is 47.6 Å². The molecule has 3 aromatic heterocycles. The molecule has 0 bridgehead atoms. The van der Waals surface area contributed by atoms with Gasteiger partial charge in [-0.1, -0.05) is 22.1 Å². The number of carbonyl (C=O) groups is 5. The van der Waals surface area contributed by atoms with Crippen LogP contribution in [0.3, 0.4) is 0 Å². The molecule has 4 amide bonds. The molecule has 0 aliphatic carbocycles. The number of ether oxygens (including phenoxy) is 21. The van der Waals surface area contributed by atoms with Crippen LogP contribution in [0.1, 0.15) is 71.0 Å². The Hall–Kier alpha value is -7.29. The molecule has 0 saturated carbocycles. The molecule has 21 unspecified atom stereocenters. The topological polar surface area (TPSA) is 696 Å². The number of unbranched alkanes of at least 4 members (excludes halogenated alkanes) is 1. The van der Waals surface area contributed by atoms with Crippen LogP contribution < -0.4 is 32.2 Å². The normalized spacial score (nSPS) is 27.2. The molecule has 6 aliphatic rings. The fraction of sp³-hybridized carbons (Fsp3) is 0.843. The SMILES string of the molecule is CC(=O)NC1C(OCCOCCOCCOCCN2C=C(CN(CCCC[C@@H](C(=O)O)N(Cc3cn(CCOCCOCCOCCOC4OC(CO)C(O)C(O)C4NC(C)=O)nn3)Cc3cn(CCOCCOCCOCCOC4OC5C(OC5(C)O)C(O)C4NC(C)=O)nn3)Cc3cn(CCOCCOCCOCCOC4OC(CO)C(O)C(O)C4NC(C)=O)nn3)NN2)OC(CO)C(O)C1O. The fourth-order valence-corrected chi connectivity index (χ4v) is 15.4. The zero-order valence-electron chi connectivity index (χ0n) is 79.2. The summed E-state index contributed by atoms with van der Waals surface area (Å²) in [6.45, 7) is 13.1. The number of aliphatic hydroxyl groups is 11. The van der Waals surface area contributed by atoms with Crippen molar-refractivity contribution >= 4 is 29.6 Å². The van der Waals surface area contributed by atoms with Crippen molar-refractivity contribution in [2.45, 2.75) is 228 Å². The van der Waals surface area contributed by atoms with E-state index in [2.05, 4.69) is 68.1 Å². The predicted octanol–water partition coefficient (Wildman–Crippen LogP) is -10.5. The maximum atomic E-state index is 13.6. The van der Waals surface area contributed by atoms with Crippen molar-refractivity contribution in [2.24, 2.45) is 0 Å². The number of nitrogens with one attached hydrogen (secondary N) is 6. The number of aromatic nitrogens is 9. The highest BCUT2D eigenvalue weighted by Gasteiger charge is 2.62. The highest BCUT2D eigenvalue weighted by molar-refractivity contribution is 5.75. The second-order valence-corrected chi connectivity index (χ2v) is 33.4. The van der Waals surface area contributed by atoms with Gasteiger partial charge in [-0.25, -0.2) is 14.0 Å². The number of hydrogen-bond donors (Lipinski definition) is 18. The van der Waals surface area contributed by atoms with E-state index in [1.165, 1.54) is 34.6 Å². The molecule has 18 N–H and O–H groups in total. The van der Waals surface area contributed by atoms with Gasteiger partial charge in [0.25, 0.3) is 0 Å². The first kappa shape index (κ1) is 115. The lowest BCUT2D eigenvalue weighted by Gasteiger charge is -2.56. The molecule has 56 nitrogen and oxygen atoms in total. The minimum absolute atomic E-state index is 0.00212. The summed E-state index contributed by atoms with van der Waals surface area (Å²) in [5.74, 6) is -4.52. The third-order valence-corrected chi connectivity index (χ3v) is 22.4. The first-order valence-electron chi connectivity index (χ1n) is 46.6. The van der Waals surface area contributed by atoms with Crippen LogP contribution in [0.25, 0.3) is 0 Å². The van der Waals surface area contributed by atoms with E-state index in [0.717, 1.165) is 5.70 Å². The van der Waals surface area contributed by atoms with Crippen molar-refractivity contribution in [2.75, 3.05) is 224 Å². The van der Waals surface area contributed by atoms with Crippen molar-refractivity contribution in [1.82, 2.24) is 92.0 Å². The van der Waals surface area contributed by atoms with E-state index in [1.54, 1.807) is 31.3 Å². The van der Waals surface area contributed by atoms with Crippen LogP contribution in [0.4, 0.5) is 0 Å². The van der Waals surface area contributed by atoms with Gasteiger partial charge in [-0.2, -0.15) is 0 Å². The highest BCUT2D eigenvalue weighted by Crippen LogP contribution is 2.41. The Bertz CT molecular complexity index is 3970. The van der Waals surface area contributed by atoms with Gasteiger partial charge in [0.2, 0.25) is 23.6 Å². The van der Waals surface area contributed by atoms with Crippen molar-refractivity contribution < 1.29 is 185 Å². The number of rotatable bonds is 74. The molecule has 0 aromatic carbocycles. The molecule has 0 radical (unpaired) electrons. The average Bonchev–Trinajstić information content (AvgIpc) is 1.50. The van der Waals surface area contributed by atoms with E-state index in [9.17, 15) is 85.3 Å². The van der Waals surface area contributed by atoms with Gasteiger partial charge < -0.3 is 187 Å². The van der Waals surface area contributed by atoms with Gasteiger partial charge in [0.05, 0.1) is 254 Å². The molecule has 794 valence electrons. The molecule has 9 rings (SSSR count). The summed E-state index contributed by atoms with van der Waals surface area (Å²) < 4.78 is 124. The number of carboxylic acids is 1. The van der Waals surface area contributed by atoms with Crippen LogP contribution in [0, 0.1) is 0 Å². The lowest BCUT2D eigenvalue weighted by molar-refractivity contribution is -0.441. The van der Waals surface area contributed by atoms with Gasteiger partial charge in [0.1, 0.15) is 103 Å². The number of nitrogens with zero attached hydrogens (tertiary/aromatic N) is 12. The molecule has 5 fully saturated rings. The number of fused-ring (bicyclic) bond motifs is 1. The average molecular weight is 2000 g/mol. The Kier molecular flexibility index (Phi) is 52.3. The third kappa shape index (κ3) is 40.0. The summed E-state index contributed by atoms with van der Waals surface area (Å²) >= 11 is 0. The maximum absolute atomic E-state index is 13.6. The van der Waals surface area contributed by atoms with E-state index < -0.39 is 184 Å². The van der Waals surface area contributed by atoms with Crippen LogP contribution in [0.5, 0.6) is 0 Å². The quantitative estimate of drug-likeness (QED) is 0.0233. The highest BCUT2D eigenvalue weighted by atomic mass is 16.8. The van der Waals surface area contributed by atoms with Crippen LogP contribution >= 0.6 is 0 Å². The van der Waals surface area contributed by atoms with Crippen LogP contribution in [0.15, 0.2) is 30.5 Å². The smallest absolute Gasteiger partial charge is 0.320 e. The minimum Gasteiger partial charge on any atom is -0.480 e. The first-order chi connectivity index (χ1) is 67.1. The van der Waals surface area contributed by atoms with E-state index in [0.29, 0.717) is 82.3 Å². The molecule has 6 aliphatic heterocycles. The summed E-state index contributed by atoms with van der Waals surface area (Å²) in [5, 5.41) is 162. The summed E-state index contributed by atoms with van der Waals surface area (Å²) in [6.07, 6.45) is -11.0. The molecule has 5 saturated heterocycles. The molecular formula is C83H144N18O38. The van der Waals surface area contributed by atoms with E-state index in [1.807, 2.05) is 17.4 Å². The lowest BCUT2D eigenvalue weighted by atomic mass is 9.87. The molecular weight excluding hydrogens is 1860 g/mol. The summed E-state index contributed by atoms with van der Waals surface area (Å²) in [7, 11) is 0. The zero-order valence-corrected chi connectivity index (χ0v) is 79.2. The number of amides is 4. The molecule has 0 spiro atoms. The lowest BCUT2D eigenvalue weighted by Crippen LogP contribution is -2.76. The van der Waals surface area contributed by atoms with Crippen molar-refractivity contribution in [3.8, 4) is 0 Å². The Morgan fingerprint density at radius 1 is 0.417 bits per heavy atom. The summed E-state index contributed by atoms with van der Waals surface area (Å²) in [5.41, 5.74) is 8.85. The van der Waals surface area contributed by atoms with Gasteiger partial charge in [-0.05, 0) is 26.3 Å². The number of carboxylic acid groups (broad SMARTS) is 1. The van der Waals surface area contributed by atoms with Gasteiger partial charge in [-0.15, -0.1) is 20.8 Å². The minimum atomic E-state index is -1.62. The van der Waals surface area contributed by atoms with Gasteiger partial charge >= 0.3 is 5.97 Å². The number of hydrazine groups is 2. The number of hydrogen-bond acceptors (Lipinski definition) is 48. The standard InChI is InChI=1S/C83H144N18O38/c1-53(105)84-65-72(112)69(109)62(50-102)135-79(65)131-38-34-127-30-26-123-22-18-119-14-10-98-46-57(88-92-98)42-96(43-58-47-99(93-89-58)11-15-120-19-23-124-27-31-128-35-39-132-80-66(85-54(2)106)73(113)70(110)63(51-103)136-80)9-7-6-8-61(78(116)117)97(44-59-48-100(94-90-59)12-16-121-20-24-125-28-32-129-36-40-133-81-67(86-55(3)107)74(114)71(111)64(52-104)137-81)45-60-49-101(95-91-60)13-17-122-21-25-126-29-33-130-37-41-134-82-68(87-56(4)108)75(115)76-77(138-82)83(5,118)139-76/h46-49,61-77,79-82,88,92,102-104,109-115,118H,6-45,50-52H2,1-5H3,(H,84,105)(H,85,106)(H,86,107)(H,87,108)(H,116,117)/t61-,62?,63?,64?,65?,66?,67?,68?,69?,70?,71?,72?,73?,74?,75?,76?,77?,79?,80?,81?,82?,83?/m0/s1. The molecule has 3 aromatic rings. The summed E-state index contributed by atoms with van der Waals surface area (Å²) in [6, 6.07) is -5.21. The van der Waals surface area contributed by atoms with Gasteiger partial charge in [0.15, 0.2) is 30.9 Å². The second-order valence-electron chi connectivity index (χ2n) is 33.4. The Morgan fingerprint density at radius 3 is 1.05 bits per heavy atom. The van der Waals surface area contributed by atoms with Crippen LogP contribution in [-0.4, -0.2) is 510 Å². The molecule has 56 heteroatoms. The van der Waals surface area contributed by atoms with E-state index in [4.69, 9.17) is 99.5 Å². The predicted molar refractivity (Wildman–Crippen MR) is 468 cm³/mol. The Morgan fingerprint density at radius 2 is 0.727 bits per heavy atom.